The molecule has 0 bridgehead atoms. The second-order valence-corrected chi connectivity index (χ2v) is 7.68. The summed E-state index contributed by atoms with van der Waals surface area (Å²) in [5.41, 5.74) is 2.36. The van der Waals surface area contributed by atoms with Crippen LogP contribution in [0.3, 0.4) is 0 Å². The number of thioether (sulfide) groups is 1. The standard InChI is InChI=1S/C20H25N3O3S/c1-13-17(19(26)22-20(21-13)27-2)7-8-18(25)23-11-9-15(10-12-23)14-3-5-16(24)6-4-14/h3-6,15,24H,7-12H2,1-2H3,(H,21,22,26). The number of hydrogen-bond acceptors (Lipinski definition) is 5. The minimum absolute atomic E-state index is 0.0897. The predicted molar refractivity (Wildman–Crippen MR) is 106 cm³/mol. The molecule has 1 aliphatic rings. The van der Waals surface area contributed by atoms with Crippen molar-refractivity contribution < 1.29 is 9.90 Å². The Hall–Kier alpha value is -2.28. The molecule has 0 spiro atoms. The van der Waals surface area contributed by atoms with Crippen LogP contribution in [0.15, 0.2) is 34.2 Å². The monoisotopic (exact) mass is 387 g/mol. The third kappa shape index (κ3) is 4.71. The zero-order valence-electron chi connectivity index (χ0n) is 15.7. The number of piperidine rings is 1. The highest BCUT2D eigenvalue weighted by atomic mass is 32.2. The number of aromatic nitrogens is 2. The zero-order chi connectivity index (χ0) is 19.4. The Morgan fingerprint density at radius 2 is 1.96 bits per heavy atom. The first-order valence-corrected chi connectivity index (χ1v) is 10.4. The lowest BCUT2D eigenvalue weighted by molar-refractivity contribution is -0.132. The molecule has 2 aromatic rings. The summed E-state index contributed by atoms with van der Waals surface area (Å²) < 4.78 is 0. The normalized spacial score (nSPS) is 15.1. The van der Waals surface area contributed by atoms with Gasteiger partial charge < -0.3 is 15.0 Å². The maximum Gasteiger partial charge on any atom is 0.254 e. The van der Waals surface area contributed by atoms with Crippen LogP contribution < -0.4 is 5.56 Å². The number of rotatable bonds is 5. The number of phenols is 1. The number of nitrogens with one attached hydrogen (secondary N) is 1. The third-order valence-electron chi connectivity index (χ3n) is 5.19. The SMILES string of the molecule is CSc1nc(C)c(CCC(=O)N2CCC(c3ccc(O)cc3)CC2)c(=O)[nH]1. The number of benzene rings is 1. The molecule has 1 aliphatic heterocycles. The molecular formula is C20H25N3O3S. The van der Waals surface area contributed by atoms with Gasteiger partial charge in [0.25, 0.3) is 5.56 Å². The minimum atomic E-state index is -0.148. The van der Waals surface area contributed by atoms with Crippen LogP contribution in [0, 0.1) is 6.92 Å². The molecule has 27 heavy (non-hydrogen) atoms. The van der Waals surface area contributed by atoms with E-state index in [1.165, 1.54) is 17.3 Å². The van der Waals surface area contributed by atoms with Gasteiger partial charge in [0.15, 0.2) is 5.16 Å². The van der Waals surface area contributed by atoms with Crippen molar-refractivity contribution in [3.63, 3.8) is 0 Å². The van der Waals surface area contributed by atoms with Gasteiger partial charge in [-0.3, -0.25) is 9.59 Å². The van der Waals surface area contributed by atoms with Gasteiger partial charge in [-0.25, -0.2) is 4.98 Å². The summed E-state index contributed by atoms with van der Waals surface area (Å²) in [5.74, 6) is 0.784. The van der Waals surface area contributed by atoms with Gasteiger partial charge in [-0.2, -0.15) is 0 Å². The van der Waals surface area contributed by atoms with Crippen molar-refractivity contribution >= 4 is 17.7 Å². The lowest BCUT2D eigenvalue weighted by atomic mass is 9.89. The average molecular weight is 388 g/mol. The van der Waals surface area contributed by atoms with Crippen LogP contribution in [0.4, 0.5) is 0 Å². The summed E-state index contributed by atoms with van der Waals surface area (Å²) in [6.07, 6.45) is 4.44. The molecule has 1 amide bonds. The maximum absolute atomic E-state index is 12.6. The molecule has 2 N–H and O–H groups in total. The Kier molecular flexibility index (Phi) is 6.21. The Morgan fingerprint density at radius 3 is 2.56 bits per heavy atom. The van der Waals surface area contributed by atoms with Gasteiger partial charge in [-0.15, -0.1) is 0 Å². The van der Waals surface area contributed by atoms with E-state index in [1.807, 2.05) is 30.2 Å². The van der Waals surface area contributed by atoms with Gasteiger partial charge in [-0.05, 0) is 56.1 Å². The number of nitrogens with zero attached hydrogens (tertiary/aromatic N) is 2. The first-order chi connectivity index (χ1) is 13.0. The number of aromatic amines is 1. The Morgan fingerprint density at radius 1 is 1.30 bits per heavy atom. The van der Waals surface area contributed by atoms with E-state index < -0.39 is 0 Å². The van der Waals surface area contributed by atoms with E-state index in [9.17, 15) is 14.7 Å². The second kappa shape index (κ2) is 8.61. The quantitative estimate of drug-likeness (QED) is 0.609. The van der Waals surface area contributed by atoms with E-state index >= 15 is 0 Å². The second-order valence-electron chi connectivity index (χ2n) is 6.89. The highest BCUT2D eigenvalue weighted by Gasteiger charge is 2.24. The number of H-pyrrole nitrogens is 1. The Balaban J connectivity index is 1.54. The van der Waals surface area contributed by atoms with Gasteiger partial charge in [-0.1, -0.05) is 23.9 Å². The van der Waals surface area contributed by atoms with Gasteiger partial charge in [0.2, 0.25) is 5.91 Å². The summed E-state index contributed by atoms with van der Waals surface area (Å²) in [6.45, 7) is 3.27. The van der Waals surface area contributed by atoms with Crippen LogP contribution in [0.2, 0.25) is 0 Å². The van der Waals surface area contributed by atoms with Gasteiger partial charge in [0, 0.05) is 30.8 Å². The number of aryl methyl sites for hydroxylation is 1. The number of likely N-dealkylation sites (tertiary alicyclic amines) is 1. The largest absolute Gasteiger partial charge is 0.508 e. The molecule has 3 rings (SSSR count). The van der Waals surface area contributed by atoms with Crippen molar-refractivity contribution in [2.45, 2.75) is 43.7 Å². The van der Waals surface area contributed by atoms with Crippen molar-refractivity contribution in [3.8, 4) is 5.75 Å². The number of hydrogen-bond donors (Lipinski definition) is 2. The van der Waals surface area contributed by atoms with Gasteiger partial charge in [0.1, 0.15) is 5.75 Å². The Labute approximate surface area is 163 Å². The van der Waals surface area contributed by atoms with Crippen LogP contribution in [-0.4, -0.2) is 45.2 Å². The zero-order valence-corrected chi connectivity index (χ0v) is 16.5. The molecular weight excluding hydrogens is 362 g/mol. The number of phenolic OH excluding ortho intramolecular Hbond substituents is 1. The average Bonchev–Trinajstić information content (AvgIpc) is 2.67. The summed E-state index contributed by atoms with van der Waals surface area (Å²) in [6, 6.07) is 7.34. The third-order valence-corrected chi connectivity index (χ3v) is 5.77. The Bertz CT molecular complexity index is 856. The summed E-state index contributed by atoms with van der Waals surface area (Å²) >= 11 is 1.40. The predicted octanol–water partition coefficient (Wildman–Crippen LogP) is 2.84. The highest BCUT2D eigenvalue weighted by Crippen LogP contribution is 2.29. The molecule has 144 valence electrons. The lowest BCUT2D eigenvalue weighted by Crippen LogP contribution is -2.38. The molecule has 1 fully saturated rings. The molecule has 0 saturated carbocycles. The summed E-state index contributed by atoms with van der Waals surface area (Å²) in [4.78, 5) is 33.7. The van der Waals surface area contributed by atoms with E-state index in [0.717, 1.165) is 25.9 Å². The summed E-state index contributed by atoms with van der Waals surface area (Å²) in [5, 5.41) is 10.0. The molecule has 0 radical (unpaired) electrons. The van der Waals surface area contributed by atoms with Crippen LogP contribution in [0.25, 0.3) is 0 Å². The molecule has 1 saturated heterocycles. The van der Waals surface area contributed by atoms with E-state index in [0.29, 0.717) is 35.2 Å². The van der Waals surface area contributed by atoms with Crippen LogP contribution in [-0.2, 0) is 11.2 Å². The van der Waals surface area contributed by atoms with Crippen molar-refractivity contribution in [3.05, 3.63) is 51.4 Å². The maximum atomic E-state index is 12.6. The molecule has 6 nitrogen and oxygen atoms in total. The molecule has 2 heterocycles. The molecule has 0 atom stereocenters. The molecule has 7 heteroatoms. The first-order valence-electron chi connectivity index (χ1n) is 9.18. The molecule has 0 unspecified atom stereocenters. The van der Waals surface area contributed by atoms with Crippen LogP contribution >= 0.6 is 11.8 Å². The molecule has 1 aromatic carbocycles. The lowest BCUT2D eigenvalue weighted by Gasteiger charge is -2.32. The fourth-order valence-corrected chi connectivity index (χ4v) is 4.00. The summed E-state index contributed by atoms with van der Waals surface area (Å²) in [7, 11) is 0. The minimum Gasteiger partial charge on any atom is -0.508 e. The number of amides is 1. The van der Waals surface area contributed by atoms with Crippen molar-refractivity contribution in [2.75, 3.05) is 19.3 Å². The topological polar surface area (TPSA) is 86.3 Å². The first kappa shape index (κ1) is 19.5. The van der Waals surface area contributed by atoms with E-state index in [4.69, 9.17) is 0 Å². The smallest absolute Gasteiger partial charge is 0.254 e. The van der Waals surface area contributed by atoms with Gasteiger partial charge in [0.05, 0.1) is 0 Å². The van der Waals surface area contributed by atoms with Crippen LogP contribution in [0.1, 0.15) is 42.0 Å². The molecule has 0 aliphatic carbocycles. The molecule has 1 aromatic heterocycles. The number of aromatic hydroxyl groups is 1. The fourth-order valence-electron chi connectivity index (χ4n) is 3.57. The van der Waals surface area contributed by atoms with Crippen molar-refractivity contribution in [1.29, 1.82) is 0 Å². The van der Waals surface area contributed by atoms with Crippen molar-refractivity contribution in [2.24, 2.45) is 0 Å². The number of carbonyl (C=O) groups is 1. The van der Waals surface area contributed by atoms with Gasteiger partial charge >= 0.3 is 0 Å². The van der Waals surface area contributed by atoms with E-state index in [1.54, 1.807) is 12.1 Å². The van der Waals surface area contributed by atoms with E-state index in [2.05, 4.69) is 9.97 Å². The van der Waals surface area contributed by atoms with E-state index in [-0.39, 0.29) is 17.2 Å². The van der Waals surface area contributed by atoms with Crippen molar-refractivity contribution in [1.82, 2.24) is 14.9 Å². The van der Waals surface area contributed by atoms with Crippen LogP contribution in [0.5, 0.6) is 5.75 Å². The highest BCUT2D eigenvalue weighted by molar-refractivity contribution is 7.98. The fraction of sp³-hybridized carbons (Fsp3) is 0.450. The number of carbonyl (C=O) groups excluding carboxylic acids is 1.